The fraction of sp³-hybridized carbons (Fsp3) is 0.167. The number of hydrogen-bond acceptors (Lipinski definition) is 2. The SMILES string of the molecule is C=C1NC=NC(C(F)(F)F)=C1Br. The summed E-state index contributed by atoms with van der Waals surface area (Å²) < 4.78 is 36.1. The Morgan fingerprint density at radius 3 is 2.50 bits per heavy atom. The Kier molecular flexibility index (Phi) is 2.27. The second-order valence-electron chi connectivity index (χ2n) is 2.04. The van der Waals surface area contributed by atoms with E-state index in [0.717, 1.165) is 6.34 Å². The molecule has 2 nitrogen and oxygen atoms in total. The molecule has 0 atom stereocenters. The molecule has 0 aromatic rings. The van der Waals surface area contributed by atoms with E-state index in [-0.39, 0.29) is 10.2 Å². The normalized spacial score (nSPS) is 18.2. The summed E-state index contributed by atoms with van der Waals surface area (Å²) >= 11 is 2.74. The van der Waals surface area contributed by atoms with E-state index in [9.17, 15) is 13.2 Å². The smallest absolute Gasteiger partial charge is 0.346 e. The van der Waals surface area contributed by atoms with Crippen LogP contribution in [0.5, 0.6) is 0 Å². The van der Waals surface area contributed by atoms with Crippen molar-refractivity contribution in [1.82, 2.24) is 5.32 Å². The Hall–Kier alpha value is -0.780. The Bertz CT molecular complexity index is 277. The van der Waals surface area contributed by atoms with Gasteiger partial charge in [-0.1, -0.05) is 6.58 Å². The van der Waals surface area contributed by atoms with Crippen LogP contribution in [0.4, 0.5) is 13.2 Å². The highest BCUT2D eigenvalue weighted by molar-refractivity contribution is 9.12. The van der Waals surface area contributed by atoms with Crippen LogP contribution in [0.15, 0.2) is 27.4 Å². The Morgan fingerprint density at radius 1 is 1.50 bits per heavy atom. The van der Waals surface area contributed by atoms with E-state index in [1.54, 1.807) is 0 Å². The third kappa shape index (κ3) is 1.69. The summed E-state index contributed by atoms with van der Waals surface area (Å²) in [7, 11) is 0. The van der Waals surface area contributed by atoms with Gasteiger partial charge in [-0.3, -0.25) is 0 Å². The van der Waals surface area contributed by atoms with Gasteiger partial charge in [0.15, 0.2) is 5.70 Å². The molecule has 1 heterocycles. The molecule has 0 aromatic carbocycles. The lowest BCUT2D eigenvalue weighted by molar-refractivity contribution is -0.0926. The van der Waals surface area contributed by atoms with E-state index in [4.69, 9.17) is 0 Å². The van der Waals surface area contributed by atoms with Crippen LogP contribution < -0.4 is 5.32 Å². The Morgan fingerprint density at radius 2 is 2.08 bits per heavy atom. The summed E-state index contributed by atoms with van der Waals surface area (Å²) in [6.07, 6.45) is -3.49. The fourth-order valence-corrected chi connectivity index (χ4v) is 1.08. The molecule has 0 fully saturated rings. The molecule has 0 aliphatic carbocycles. The van der Waals surface area contributed by atoms with Gasteiger partial charge in [-0.25, -0.2) is 4.99 Å². The number of aliphatic imine (C=N–C) groups is 1. The summed E-state index contributed by atoms with van der Waals surface area (Å²) in [6.45, 7) is 3.35. The van der Waals surface area contributed by atoms with Crippen molar-refractivity contribution >= 4 is 22.3 Å². The molecule has 0 saturated carbocycles. The maximum atomic E-state index is 12.1. The summed E-state index contributed by atoms with van der Waals surface area (Å²) in [5.74, 6) is 0. The molecule has 0 bridgehead atoms. The number of allylic oxidation sites excluding steroid dienone is 2. The molecule has 1 aliphatic heterocycles. The summed E-state index contributed by atoms with van der Waals surface area (Å²) in [6, 6.07) is 0. The fourth-order valence-electron chi connectivity index (χ4n) is 0.635. The van der Waals surface area contributed by atoms with E-state index in [1.807, 2.05) is 0 Å². The quantitative estimate of drug-likeness (QED) is 0.691. The second kappa shape index (κ2) is 2.93. The molecule has 0 aromatic heterocycles. The van der Waals surface area contributed by atoms with Crippen LogP contribution in [0.3, 0.4) is 0 Å². The molecule has 66 valence electrons. The first-order chi connectivity index (χ1) is 5.43. The average molecular weight is 241 g/mol. The molecule has 1 N–H and O–H groups in total. The number of alkyl halides is 3. The summed E-state index contributed by atoms with van der Waals surface area (Å²) in [5.41, 5.74) is -0.816. The van der Waals surface area contributed by atoms with Crippen molar-refractivity contribution in [2.75, 3.05) is 0 Å². The van der Waals surface area contributed by atoms with E-state index >= 15 is 0 Å². The lowest BCUT2D eigenvalue weighted by Crippen LogP contribution is -2.21. The zero-order valence-electron chi connectivity index (χ0n) is 5.74. The van der Waals surface area contributed by atoms with E-state index in [0.29, 0.717) is 0 Å². The lowest BCUT2D eigenvalue weighted by Gasteiger charge is -2.15. The van der Waals surface area contributed by atoms with Gasteiger partial charge in [0, 0.05) is 5.70 Å². The van der Waals surface area contributed by atoms with Crippen LogP contribution in [0.2, 0.25) is 0 Å². The minimum Gasteiger partial charge on any atom is -0.346 e. The Balaban J connectivity index is 3.10. The highest BCUT2D eigenvalue weighted by Crippen LogP contribution is 2.34. The molecule has 0 amide bonds. The minimum atomic E-state index is -4.44. The molecule has 0 unspecified atom stereocenters. The van der Waals surface area contributed by atoms with Gasteiger partial charge >= 0.3 is 6.18 Å². The monoisotopic (exact) mass is 240 g/mol. The molecule has 0 radical (unpaired) electrons. The van der Waals surface area contributed by atoms with Gasteiger partial charge in [0.25, 0.3) is 0 Å². The number of rotatable bonds is 0. The first kappa shape index (κ1) is 9.31. The van der Waals surface area contributed by atoms with Crippen LogP contribution in [0.1, 0.15) is 0 Å². The first-order valence-electron chi connectivity index (χ1n) is 2.88. The molecular formula is C6H4BrF3N2. The van der Waals surface area contributed by atoms with Crippen LogP contribution in [-0.4, -0.2) is 12.5 Å². The van der Waals surface area contributed by atoms with Crippen molar-refractivity contribution < 1.29 is 13.2 Å². The van der Waals surface area contributed by atoms with E-state index < -0.39 is 11.9 Å². The third-order valence-electron chi connectivity index (χ3n) is 1.17. The largest absolute Gasteiger partial charge is 0.434 e. The zero-order chi connectivity index (χ0) is 9.35. The van der Waals surface area contributed by atoms with Crippen LogP contribution in [0, 0.1) is 0 Å². The van der Waals surface area contributed by atoms with Gasteiger partial charge in [0.05, 0.1) is 10.8 Å². The molecule has 1 rings (SSSR count). The van der Waals surface area contributed by atoms with E-state index in [2.05, 4.69) is 32.8 Å². The summed E-state index contributed by atoms with van der Waals surface area (Å²) in [4.78, 5) is 3.14. The van der Waals surface area contributed by atoms with Crippen molar-refractivity contribution in [3.63, 3.8) is 0 Å². The third-order valence-corrected chi connectivity index (χ3v) is 2.03. The van der Waals surface area contributed by atoms with Gasteiger partial charge in [-0.15, -0.1) is 0 Å². The maximum absolute atomic E-state index is 12.1. The number of hydrogen-bond donors (Lipinski definition) is 1. The second-order valence-corrected chi connectivity index (χ2v) is 2.83. The van der Waals surface area contributed by atoms with Crippen LogP contribution in [0.25, 0.3) is 0 Å². The van der Waals surface area contributed by atoms with Gasteiger partial charge < -0.3 is 5.32 Å². The van der Waals surface area contributed by atoms with Crippen molar-refractivity contribution in [2.24, 2.45) is 4.99 Å². The Labute approximate surface area is 75.0 Å². The van der Waals surface area contributed by atoms with Crippen molar-refractivity contribution in [3.8, 4) is 0 Å². The molecule has 0 spiro atoms. The van der Waals surface area contributed by atoms with Crippen molar-refractivity contribution in [3.05, 3.63) is 22.5 Å². The number of nitrogens with zero attached hydrogens (tertiary/aromatic N) is 1. The zero-order valence-corrected chi connectivity index (χ0v) is 7.33. The molecule has 6 heteroatoms. The highest BCUT2D eigenvalue weighted by atomic mass is 79.9. The average Bonchev–Trinajstić information content (AvgIpc) is 1.92. The van der Waals surface area contributed by atoms with Crippen molar-refractivity contribution in [1.29, 1.82) is 0 Å². The van der Waals surface area contributed by atoms with Crippen LogP contribution in [-0.2, 0) is 0 Å². The van der Waals surface area contributed by atoms with Crippen LogP contribution >= 0.6 is 15.9 Å². The predicted molar refractivity (Wildman–Crippen MR) is 42.8 cm³/mol. The van der Waals surface area contributed by atoms with Gasteiger partial charge in [-0.2, -0.15) is 13.2 Å². The number of nitrogens with one attached hydrogen (secondary N) is 1. The van der Waals surface area contributed by atoms with Gasteiger partial charge in [-0.05, 0) is 15.9 Å². The van der Waals surface area contributed by atoms with Gasteiger partial charge in [0.2, 0.25) is 0 Å². The summed E-state index contributed by atoms with van der Waals surface area (Å²) in [5, 5.41) is 2.44. The molecule has 12 heavy (non-hydrogen) atoms. The maximum Gasteiger partial charge on any atom is 0.434 e. The number of halogens is 4. The molecule has 0 saturated heterocycles. The standard InChI is InChI=1S/C6H4BrF3N2/c1-3-4(7)5(6(8,9)10)12-2-11-3/h2H,1H2,(H,11,12). The van der Waals surface area contributed by atoms with Crippen molar-refractivity contribution in [2.45, 2.75) is 6.18 Å². The highest BCUT2D eigenvalue weighted by Gasteiger charge is 2.37. The predicted octanol–water partition coefficient (Wildman–Crippen LogP) is 2.30. The minimum absolute atomic E-state index is 0.150. The van der Waals surface area contributed by atoms with Gasteiger partial charge in [0.1, 0.15) is 0 Å². The molecular weight excluding hydrogens is 237 g/mol. The first-order valence-corrected chi connectivity index (χ1v) is 3.67. The van der Waals surface area contributed by atoms with E-state index in [1.165, 1.54) is 0 Å². The molecule has 1 aliphatic rings. The topological polar surface area (TPSA) is 24.4 Å². The lowest BCUT2D eigenvalue weighted by atomic mass is 10.3.